The van der Waals surface area contributed by atoms with Gasteiger partial charge in [-0.05, 0) is 32.1 Å². The highest BCUT2D eigenvalue weighted by molar-refractivity contribution is 5.78. The number of hydrogen-bond acceptors (Lipinski definition) is 2. The molecule has 0 aliphatic heterocycles. The van der Waals surface area contributed by atoms with Crippen LogP contribution in [0, 0.1) is 5.92 Å². The molecule has 1 atom stereocenters. The van der Waals surface area contributed by atoms with Gasteiger partial charge in [0.2, 0.25) is 0 Å². The van der Waals surface area contributed by atoms with Gasteiger partial charge in [-0.2, -0.15) is 0 Å². The maximum Gasteiger partial charge on any atom is 0.132 e. The normalized spacial score (nSPS) is 11.3. The van der Waals surface area contributed by atoms with E-state index in [0.717, 1.165) is 19.3 Å². The highest BCUT2D eigenvalue weighted by Gasteiger charge is 2.07. The maximum atomic E-state index is 11.2. The van der Waals surface area contributed by atoms with Crippen LogP contribution in [0.2, 0.25) is 0 Å². The zero-order valence-corrected chi connectivity index (χ0v) is 11.6. The van der Waals surface area contributed by atoms with E-state index in [1.807, 2.05) is 20.8 Å². The molecule has 2 heteroatoms. The van der Waals surface area contributed by atoms with Gasteiger partial charge in [-0.25, -0.2) is 0 Å². The number of carbonyl (C=O) groups is 2. The fourth-order valence-electron chi connectivity index (χ4n) is 1.41. The van der Waals surface area contributed by atoms with Crippen molar-refractivity contribution in [1.82, 2.24) is 0 Å². The SMILES string of the molecule is CC.CCCC(=O)CCC(C)CCC(C)=O. The Bertz CT molecular complexity index is 185. The van der Waals surface area contributed by atoms with E-state index in [1.54, 1.807) is 6.92 Å². The Hall–Kier alpha value is -0.660. The molecule has 16 heavy (non-hydrogen) atoms. The quantitative estimate of drug-likeness (QED) is 0.625. The summed E-state index contributed by atoms with van der Waals surface area (Å²) in [4.78, 5) is 21.9. The number of carbonyl (C=O) groups excluding carboxylic acids is 2. The largest absolute Gasteiger partial charge is 0.300 e. The fourth-order valence-corrected chi connectivity index (χ4v) is 1.41. The molecule has 0 amide bonds. The molecule has 0 saturated heterocycles. The van der Waals surface area contributed by atoms with Crippen LogP contribution in [0.5, 0.6) is 0 Å². The molecule has 2 nitrogen and oxygen atoms in total. The Balaban J connectivity index is 0. The van der Waals surface area contributed by atoms with Crippen LogP contribution in [0.4, 0.5) is 0 Å². The average Bonchev–Trinajstić information content (AvgIpc) is 2.26. The predicted octanol–water partition coefficient (Wildman–Crippen LogP) is 4.17. The molecule has 0 aromatic heterocycles. The summed E-state index contributed by atoms with van der Waals surface area (Å²) in [5.41, 5.74) is 0. The molecule has 0 aliphatic carbocycles. The standard InChI is InChI=1S/C12H22O2.C2H6/c1-4-5-12(14)9-7-10(2)6-8-11(3)13;1-2/h10H,4-9H2,1-3H3;1-2H3. The van der Waals surface area contributed by atoms with E-state index in [4.69, 9.17) is 0 Å². The summed E-state index contributed by atoms with van der Waals surface area (Å²) in [5.74, 6) is 1.11. The molecule has 0 saturated carbocycles. The molecule has 0 bridgehead atoms. The van der Waals surface area contributed by atoms with Crippen LogP contribution in [-0.2, 0) is 9.59 Å². The molecule has 0 spiro atoms. The lowest BCUT2D eigenvalue weighted by atomic mass is 9.96. The smallest absolute Gasteiger partial charge is 0.132 e. The molecule has 1 unspecified atom stereocenters. The van der Waals surface area contributed by atoms with Gasteiger partial charge in [0, 0.05) is 19.3 Å². The molecule has 0 heterocycles. The molecule has 0 N–H and O–H groups in total. The second-order valence-corrected chi connectivity index (χ2v) is 4.17. The summed E-state index contributed by atoms with van der Waals surface area (Å²) in [6, 6.07) is 0. The zero-order chi connectivity index (χ0) is 13.0. The minimum atomic E-state index is 0.247. The van der Waals surface area contributed by atoms with E-state index in [2.05, 4.69) is 6.92 Å². The van der Waals surface area contributed by atoms with Gasteiger partial charge in [0.15, 0.2) is 0 Å². The maximum absolute atomic E-state index is 11.2. The van der Waals surface area contributed by atoms with Crippen LogP contribution < -0.4 is 0 Å². The number of rotatable bonds is 8. The minimum Gasteiger partial charge on any atom is -0.300 e. The first-order valence-electron chi connectivity index (χ1n) is 6.57. The van der Waals surface area contributed by atoms with Crippen LogP contribution in [0.3, 0.4) is 0 Å². The third-order valence-corrected chi connectivity index (χ3v) is 2.43. The molecule has 0 aromatic rings. The van der Waals surface area contributed by atoms with Crippen LogP contribution in [-0.4, -0.2) is 11.6 Å². The van der Waals surface area contributed by atoms with Crippen LogP contribution in [0.1, 0.15) is 73.1 Å². The second-order valence-electron chi connectivity index (χ2n) is 4.17. The van der Waals surface area contributed by atoms with Crippen molar-refractivity contribution in [1.29, 1.82) is 0 Å². The first-order chi connectivity index (χ1) is 7.56. The molecule has 0 aromatic carbocycles. The van der Waals surface area contributed by atoms with E-state index < -0.39 is 0 Å². The van der Waals surface area contributed by atoms with E-state index in [0.29, 0.717) is 31.0 Å². The van der Waals surface area contributed by atoms with E-state index in [-0.39, 0.29) is 5.78 Å². The van der Waals surface area contributed by atoms with E-state index >= 15 is 0 Å². The van der Waals surface area contributed by atoms with Gasteiger partial charge in [-0.1, -0.05) is 27.7 Å². The molecular weight excluding hydrogens is 200 g/mol. The summed E-state index contributed by atoms with van der Waals surface area (Å²) in [6.45, 7) is 9.76. The Morgan fingerprint density at radius 1 is 1.00 bits per heavy atom. The predicted molar refractivity (Wildman–Crippen MR) is 69.6 cm³/mol. The zero-order valence-electron chi connectivity index (χ0n) is 11.6. The summed E-state index contributed by atoms with van der Waals surface area (Å²) in [5, 5.41) is 0. The lowest BCUT2D eigenvalue weighted by Crippen LogP contribution is -2.03. The van der Waals surface area contributed by atoms with Gasteiger partial charge < -0.3 is 4.79 Å². The van der Waals surface area contributed by atoms with Gasteiger partial charge in [-0.15, -0.1) is 0 Å². The van der Waals surface area contributed by atoms with Gasteiger partial charge >= 0.3 is 0 Å². The van der Waals surface area contributed by atoms with Crippen molar-refractivity contribution in [2.75, 3.05) is 0 Å². The molecule has 96 valence electrons. The summed E-state index contributed by atoms with van der Waals surface area (Å²) >= 11 is 0. The lowest BCUT2D eigenvalue weighted by molar-refractivity contribution is -0.119. The number of ketones is 2. The van der Waals surface area contributed by atoms with Crippen molar-refractivity contribution in [3.05, 3.63) is 0 Å². The van der Waals surface area contributed by atoms with Crippen molar-refractivity contribution in [2.24, 2.45) is 5.92 Å². The number of Topliss-reactive ketones (excluding diaryl/α,β-unsaturated/α-hetero) is 2. The van der Waals surface area contributed by atoms with E-state index in [9.17, 15) is 9.59 Å². The Morgan fingerprint density at radius 2 is 1.50 bits per heavy atom. The van der Waals surface area contributed by atoms with Gasteiger partial charge in [0.05, 0.1) is 0 Å². The third-order valence-electron chi connectivity index (χ3n) is 2.43. The minimum absolute atomic E-state index is 0.247. The Morgan fingerprint density at radius 3 is 1.94 bits per heavy atom. The lowest BCUT2D eigenvalue weighted by Gasteiger charge is -2.08. The fraction of sp³-hybridized carbons (Fsp3) is 0.857. The topological polar surface area (TPSA) is 34.1 Å². The van der Waals surface area contributed by atoms with Crippen molar-refractivity contribution < 1.29 is 9.59 Å². The molecule has 0 radical (unpaired) electrons. The summed E-state index contributed by atoms with van der Waals surface area (Å²) in [6.07, 6.45) is 4.86. The number of hydrogen-bond donors (Lipinski definition) is 0. The van der Waals surface area contributed by atoms with Crippen LogP contribution >= 0.6 is 0 Å². The first-order valence-corrected chi connectivity index (χ1v) is 6.57. The first kappa shape index (κ1) is 17.7. The van der Waals surface area contributed by atoms with Gasteiger partial charge in [-0.3, -0.25) is 4.79 Å². The summed E-state index contributed by atoms with van der Waals surface area (Å²) < 4.78 is 0. The molecule has 0 fully saturated rings. The van der Waals surface area contributed by atoms with Gasteiger partial charge in [0.1, 0.15) is 11.6 Å². The highest BCUT2D eigenvalue weighted by atomic mass is 16.1. The second kappa shape index (κ2) is 12.4. The highest BCUT2D eigenvalue weighted by Crippen LogP contribution is 2.13. The molecular formula is C14H28O2. The van der Waals surface area contributed by atoms with E-state index in [1.165, 1.54) is 0 Å². The molecule has 0 rings (SSSR count). The summed E-state index contributed by atoms with van der Waals surface area (Å²) in [7, 11) is 0. The Kier molecular flexibility index (Phi) is 13.7. The monoisotopic (exact) mass is 228 g/mol. The van der Waals surface area contributed by atoms with Crippen molar-refractivity contribution in [2.45, 2.75) is 73.1 Å². The van der Waals surface area contributed by atoms with Crippen LogP contribution in [0.25, 0.3) is 0 Å². The molecule has 0 aliphatic rings. The van der Waals surface area contributed by atoms with Crippen molar-refractivity contribution in [3.8, 4) is 0 Å². The van der Waals surface area contributed by atoms with Crippen molar-refractivity contribution in [3.63, 3.8) is 0 Å². The van der Waals surface area contributed by atoms with Gasteiger partial charge in [0.25, 0.3) is 0 Å². The van der Waals surface area contributed by atoms with Crippen LogP contribution in [0.15, 0.2) is 0 Å². The van der Waals surface area contributed by atoms with Crippen molar-refractivity contribution >= 4 is 11.6 Å². The average molecular weight is 228 g/mol. The third kappa shape index (κ3) is 13.3. The Labute approximate surface area is 101 Å².